The van der Waals surface area contributed by atoms with Gasteiger partial charge in [-0.1, -0.05) is 670 Å². The van der Waals surface area contributed by atoms with Gasteiger partial charge in [0.25, 0.3) is 0 Å². The Morgan fingerprint density at radius 3 is 0.298 bits per heavy atom. The third-order valence-corrected chi connectivity index (χ3v) is 28.8. The van der Waals surface area contributed by atoms with Crippen LogP contribution < -0.4 is 0 Å². The molecule has 0 rings (SSSR count). The van der Waals surface area contributed by atoms with Gasteiger partial charge in [-0.3, -0.25) is 0 Å². The van der Waals surface area contributed by atoms with E-state index in [0.717, 1.165) is 35.5 Å². The number of hydrogen-bond donors (Lipinski definition) is 0. The molecule has 0 nitrogen and oxygen atoms in total. The van der Waals surface area contributed by atoms with Crippen molar-refractivity contribution in [3.8, 4) is 0 Å². The van der Waals surface area contributed by atoms with Gasteiger partial charge < -0.3 is 0 Å². The third kappa shape index (κ3) is 113. The van der Waals surface area contributed by atoms with E-state index in [9.17, 15) is 0 Å². The van der Waals surface area contributed by atoms with Crippen LogP contribution in [-0.2, 0) is 0 Å². The molecule has 0 fully saturated rings. The SMILES string of the molecule is CCCCCCC(CCCCCC)C(C)(C)C.CCCCCCCCC(CCCCCC)C(C)(C)C.CCCCCCCCC(CCCCCC)CC(C)(C)C.CCCCCCCCC(CCCCCCCC)C(C)(C)C.CCCCCCCCCCC(CCCCCCCC)C(C)(C)C.CCCCCCCCCCC(CCCCCCCC)CC(C)(C)C. The van der Waals surface area contributed by atoms with Crippen molar-refractivity contribution in [3.63, 3.8) is 0 Å². The van der Waals surface area contributed by atoms with Crippen molar-refractivity contribution in [3.05, 3.63) is 0 Å². The molecule has 756 valence electrons. The minimum Gasteiger partial charge on any atom is -0.0654 e. The summed E-state index contributed by atoms with van der Waals surface area (Å²) in [6.07, 6.45) is 118. The Morgan fingerprint density at radius 2 is 0.202 bits per heavy atom. The van der Waals surface area contributed by atoms with E-state index in [1.165, 1.54) is 527 Å². The molecule has 0 radical (unpaired) electrons. The summed E-state index contributed by atoms with van der Waals surface area (Å²) in [5.74, 6) is 5.73. The summed E-state index contributed by atoms with van der Waals surface area (Å²) in [6, 6.07) is 0. The minimum atomic E-state index is 0.505. The molecule has 0 bridgehead atoms. The normalized spacial score (nSPS) is 13.2. The molecule has 4 unspecified atom stereocenters. The standard InChI is InChI=1S/C24H50.C23H48.C21H44.C20H42.C19H40.C17H36/c1-6-8-10-12-14-15-17-19-21-23(22-24(3,4)5)20-18-16-13-11-9-7-2;1-6-8-10-12-14-15-17-19-21-22(23(3,4)5)20-18-16-13-11-9-7-2;1-6-8-10-12-14-16-18-20(21(3,4)5)19-17-15-13-11-9-7-2;1-6-8-10-12-13-15-17-19(18-20(3,4)5)16-14-11-9-7-2;1-6-8-10-12-13-15-17-18(19(3,4)5)16-14-11-9-7-2;1-6-8-10-12-14-16(17(3,4)5)15-13-11-9-7-2/h23H,6-22H2,1-5H3;22H,6-21H2,1-5H3;20H,6-19H2,1-5H3;19H,6-18H2,1-5H3;18H,6-17H2,1-5H3;16H,6-15H2,1-5H3. The fourth-order valence-electron chi connectivity index (χ4n) is 20.0. The van der Waals surface area contributed by atoms with Crippen LogP contribution in [0.5, 0.6) is 0 Å². The van der Waals surface area contributed by atoms with Crippen LogP contribution in [0.4, 0.5) is 0 Å². The molecule has 0 aromatic rings. The highest BCUT2D eigenvalue weighted by atomic mass is 14.3. The lowest BCUT2D eigenvalue weighted by atomic mass is 9.75. The Kier molecular flexibility index (Phi) is 108. The number of hydrogen-bond acceptors (Lipinski definition) is 0. The van der Waals surface area contributed by atoms with Crippen molar-refractivity contribution in [2.24, 2.45) is 68.0 Å². The zero-order chi connectivity index (χ0) is 94.4. The second-order valence-corrected chi connectivity index (χ2v) is 48.8. The van der Waals surface area contributed by atoms with Gasteiger partial charge >= 0.3 is 0 Å². The van der Waals surface area contributed by atoms with E-state index >= 15 is 0 Å². The van der Waals surface area contributed by atoms with E-state index in [-0.39, 0.29) is 0 Å². The topological polar surface area (TPSA) is 0 Å². The number of rotatable bonds is 82. The molecule has 0 heterocycles. The summed E-state index contributed by atoms with van der Waals surface area (Å²) in [7, 11) is 0. The van der Waals surface area contributed by atoms with Gasteiger partial charge in [-0.2, -0.15) is 0 Å². The molecule has 0 amide bonds. The van der Waals surface area contributed by atoms with Crippen molar-refractivity contribution < 1.29 is 0 Å². The average Bonchev–Trinajstić information content (AvgIpc) is 0.907. The zero-order valence-corrected chi connectivity index (χ0v) is 94.4. The second-order valence-electron chi connectivity index (χ2n) is 48.8. The van der Waals surface area contributed by atoms with Crippen LogP contribution in [0.1, 0.15) is 734 Å². The van der Waals surface area contributed by atoms with Crippen LogP contribution in [-0.4, -0.2) is 0 Å². The molecule has 0 aromatic carbocycles. The van der Waals surface area contributed by atoms with E-state index in [4.69, 9.17) is 0 Å². The predicted octanol–water partition coefficient (Wildman–Crippen LogP) is 48.1. The zero-order valence-electron chi connectivity index (χ0n) is 94.4. The summed E-state index contributed by atoms with van der Waals surface area (Å²) < 4.78 is 0. The average molecular weight is 1750 g/mol. The van der Waals surface area contributed by atoms with Gasteiger partial charge in [0.05, 0.1) is 0 Å². The summed E-state index contributed by atoms with van der Waals surface area (Å²) in [5, 5.41) is 0. The van der Waals surface area contributed by atoms with Crippen molar-refractivity contribution in [2.45, 2.75) is 734 Å². The molecule has 124 heavy (non-hydrogen) atoms. The van der Waals surface area contributed by atoms with Gasteiger partial charge in [-0.05, 0) is 132 Å². The molecular formula is C124H260. The van der Waals surface area contributed by atoms with Crippen molar-refractivity contribution in [1.29, 1.82) is 0 Å². The third-order valence-electron chi connectivity index (χ3n) is 28.8. The first kappa shape index (κ1) is 135. The quantitative estimate of drug-likeness (QED) is 0.0533. The van der Waals surface area contributed by atoms with Crippen molar-refractivity contribution in [1.82, 2.24) is 0 Å². The first-order chi connectivity index (χ1) is 59.1. The maximum atomic E-state index is 2.46. The van der Waals surface area contributed by atoms with E-state index in [0.29, 0.717) is 32.5 Å². The largest absolute Gasteiger partial charge is 0.0654 e. The van der Waals surface area contributed by atoms with E-state index in [2.05, 4.69) is 208 Å². The number of unbranched alkanes of at least 4 members (excludes halogenated alkanes) is 56. The van der Waals surface area contributed by atoms with Crippen LogP contribution in [0.3, 0.4) is 0 Å². The molecule has 0 saturated heterocycles. The predicted molar refractivity (Wildman–Crippen MR) is 584 cm³/mol. The first-order valence-corrected chi connectivity index (χ1v) is 59.1. The fourth-order valence-corrected chi connectivity index (χ4v) is 20.0. The van der Waals surface area contributed by atoms with Crippen LogP contribution >= 0.6 is 0 Å². The Morgan fingerprint density at radius 1 is 0.113 bits per heavy atom. The monoisotopic (exact) mass is 1750 g/mol. The Labute approximate surface area is 797 Å². The highest BCUT2D eigenvalue weighted by Gasteiger charge is 2.28. The Bertz CT molecular complexity index is 1840. The molecule has 0 spiro atoms. The smallest absolute Gasteiger partial charge is 0.0354 e. The maximum absolute atomic E-state index is 2.46. The van der Waals surface area contributed by atoms with E-state index < -0.39 is 0 Å². The van der Waals surface area contributed by atoms with E-state index in [1.807, 2.05) is 0 Å². The lowest BCUT2D eigenvalue weighted by Gasteiger charge is -2.31. The maximum Gasteiger partial charge on any atom is -0.0354 e. The summed E-state index contributed by atoms with van der Waals surface area (Å²) in [6.45, 7) is 71.5. The molecule has 0 N–H and O–H groups in total. The summed E-state index contributed by atoms with van der Waals surface area (Å²) >= 11 is 0. The molecule has 0 aliphatic carbocycles. The molecule has 4 atom stereocenters. The van der Waals surface area contributed by atoms with Crippen LogP contribution in [0.2, 0.25) is 0 Å². The summed E-state index contributed by atoms with van der Waals surface area (Å²) in [4.78, 5) is 0. The molecule has 0 heteroatoms. The lowest BCUT2D eigenvalue weighted by Crippen LogP contribution is -2.20. The second kappa shape index (κ2) is 99.0. The Hall–Kier alpha value is 0. The highest BCUT2D eigenvalue weighted by molar-refractivity contribution is 4.79. The molecule has 0 saturated carbocycles. The van der Waals surface area contributed by atoms with Crippen molar-refractivity contribution >= 4 is 0 Å². The van der Waals surface area contributed by atoms with Gasteiger partial charge in [0.1, 0.15) is 0 Å². The lowest BCUT2D eigenvalue weighted by molar-refractivity contribution is 0.200. The molecule has 0 aromatic heterocycles. The van der Waals surface area contributed by atoms with Gasteiger partial charge in [-0.15, -0.1) is 0 Å². The van der Waals surface area contributed by atoms with Crippen LogP contribution in [0.15, 0.2) is 0 Å². The first-order valence-electron chi connectivity index (χ1n) is 59.1. The van der Waals surface area contributed by atoms with Gasteiger partial charge in [0.15, 0.2) is 0 Å². The van der Waals surface area contributed by atoms with E-state index in [1.54, 1.807) is 0 Å². The van der Waals surface area contributed by atoms with Crippen molar-refractivity contribution in [2.75, 3.05) is 0 Å². The molecule has 0 aliphatic rings. The highest BCUT2D eigenvalue weighted by Crippen LogP contribution is 2.40. The van der Waals surface area contributed by atoms with Crippen LogP contribution in [0, 0.1) is 68.0 Å². The molecule has 0 aliphatic heterocycles. The van der Waals surface area contributed by atoms with Crippen LogP contribution in [0.25, 0.3) is 0 Å². The molecular weight excluding hydrogens is 1490 g/mol. The minimum absolute atomic E-state index is 0.505. The van der Waals surface area contributed by atoms with Gasteiger partial charge in [0.2, 0.25) is 0 Å². The van der Waals surface area contributed by atoms with Gasteiger partial charge in [0, 0.05) is 0 Å². The fraction of sp³-hybridized carbons (Fsp3) is 1.00. The Balaban J connectivity index is -0.000000338. The van der Waals surface area contributed by atoms with Gasteiger partial charge in [-0.25, -0.2) is 0 Å². The summed E-state index contributed by atoms with van der Waals surface area (Å²) in [5.41, 5.74) is 3.05.